The van der Waals surface area contributed by atoms with Crippen molar-refractivity contribution in [3.8, 4) is 11.5 Å². The van der Waals surface area contributed by atoms with Crippen LogP contribution in [0.25, 0.3) is 11.5 Å². The van der Waals surface area contributed by atoms with Crippen LogP contribution in [-0.2, 0) is 17.8 Å². The molecule has 8 heteroatoms. The zero-order valence-corrected chi connectivity index (χ0v) is 17.8. The smallest absolute Gasteiger partial charge is 0.226 e. The first kappa shape index (κ1) is 21.8. The van der Waals surface area contributed by atoms with Crippen molar-refractivity contribution < 1.29 is 17.8 Å². The normalized spacial score (nSPS) is 14.0. The van der Waals surface area contributed by atoms with E-state index in [4.69, 9.17) is 16.0 Å². The molecule has 2 atom stereocenters. The van der Waals surface area contributed by atoms with Crippen LogP contribution in [-0.4, -0.2) is 14.3 Å². The van der Waals surface area contributed by atoms with Crippen molar-refractivity contribution in [3.63, 3.8) is 0 Å². The molecule has 2 unspecified atom stereocenters. The van der Waals surface area contributed by atoms with Crippen molar-refractivity contribution >= 4 is 23.0 Å². The van der Waals surface area contributed by atoms with Crippen LogP contribution in [0.4, 0.5) is 8.78 Å². The number of hydrogen-bond donors (Lipinski definition) is 1. The van der Waals surface area contributed by atoms with Crippen LogP contribution in [0, 0.1) is 11.6 Å². The fraction of sp³-hybridized carbons (Fsp3) is 0.286. The molecule has 154 valence electrons. The average molecular weight is 439 g/mol. The molecular formula is C21H21ClF2N2O2S. The largest absolute Gasteiger partial charge is 0.598 e. The molecule has 29 heavy (non-hydrogen) atoms. The van der Waals surface area contributed by atoms with Gasteiger partial charge < -0.3 is 8.97 Å². The minimum absolute atomic E-state index is 0.172. The Balaban J connectivity index is 1.91. The van der Waals surface area contributed by atoms with Gasteiger partial charge in [-0.2, -0.15) is 0 Å². The van der Waals surface area contributed by atoms with Gasteiger partial charge >= 0.3 is 0 Å². The van der Waals surface area contributed by atoms with Gasteiger partial charge in [0.2, 0.25) is 5.89 Å². The predicted octanol–water partition coefficient (Wildman–Crippen LogP) is 5.61. The number of oxazole rings is 1. The molecule has 0 bridgehead atoms. The van der Waals surface area contributed by atoms with Gasteiger partial charge in [-0.3, -0.25) is 0 Å². The Hall–Kier alpha value is -1.93. The second kappa shape index (κ2) is 8.83. The maximum absolute atomic E-state index is 13.6. The van der Waals surface area contributed by atoms with Crippen LogP contribution < -0.4 is 4.72 Å². The molecule has 1 aromatic heterocycles. The van der Waals surface area contributed by atoms with Crippen LogP contribution in [0.2, 0.25) is 5.02 Å². The fourth-order valence-corrected chi connectivity index (χ4v) is 3.58. The first-order chi connectivity index (χ1) is 13.6. The molecule has 0 aliphatic carbocycles. The second-order valence-electron chi connectivity index (χ2n) is 7.61. The molecule has 0 saturated carbocycles. The minimum Gasteiger partial charge on any atom is -0.598 e. The lowest BCUT2D eigenvalue weighted by atomic mass is 10.0. The quantitative estimate of drug-likeness (QED) is 0.508. The Kier molecular flexibility index (Phi) is 6.63. The van der Waals surface area contributed by atoms with E-state index in [1.165, 1.54) is 18.3 Å². The van der Waals surface area contributed by atoms with E-state index in [0.29, 0.717) is 22.2 Å². The summed E-state index contributed by atoms with van der Waals surface area (Å²) in [5.74, 6) is -0.558. The number of rotatable bonds is 6. The lowest BCUT2D eigenvalue weighted by Crippen LogP contribution is -2.41. The van der Waals surface area contributed by atoms with E-state index in [1.54, 1.807) is 24.3 Å². The Morgan fingerprint density at radius 1 is 1.14 bits per heavy atom. The number of hydrogen-bond acceptors (Lipinski definition) is 4. The molecule has 1 N–H and O–H groups in total. The molecule has 2 aromatic carbocycles. The van der Waals surface area contributed by atoms with E-state index >= 15 is 0 Å². The average Bonchev–Trinajstić information content (AvgIpc) is 3.10. The number of halogens is 3. The van der Waals surface area contributed by atoms with E-state index in [9.17, 15) is 13.3 Å². The summed E-state index contributed by atoms with van der Waals surface area (Å²) in [7, 11) is 0. The molecule has 0 aliphatic rings. The van der Waals surface area contributed by atoms with Gasteiger partial charge in [-0.25, -0.2) is 13.8 Å². The van der Waals surface area contributed by atoms with Crippen LogP contribution in [0.3, 0.4) is 0 Å². The number of benzene rings is 2. The fourth-order valence-electron chi connectivity index (χ4n) is 2.64. The SMILES string of the molecule is CC(C)(C)[S+]([O-])NC(Cc1cc(F)cc(F)c1)c1cnc(-c2ccc(Cl)cc2)o1. The standard InChI is InChI=1S/C21H21ClF2N2O2S/c1-21(2,3)29(27)26-18(10-13-8-16(23)11-17(24)9-13)19-12-25-20(28-19)14-4-6-15(22)7-5-14/h4-9,11-12,18,26H,10H2,1-3H3. The summed E-state index contributed by atoms with van der Waals surface area (Å²) in [6.07, 6.45) is 1.70. The van der Waals surface area contributed by atoms with Crippen LogP contribution in [0.1, 0.15) is 38.1 Å². The van der Waals surface area contributed by atoms with Crippen molar-refractivity contribution in [2.45, 2.75) is 38.0 Å². The summed E-state index contributed by atoms with van der Waals surface area (Å²) in [6.45, 7) is 5.48. The molecule has 4 nitrogen and oxygen atoms in total. The van der Waals surface area contributed by atoms with Gasteiger partial charge in [-0.05, 0) is 69.2 Å². The predicted molar refractivity (Wildman–Crippen MR) is 111 cm³/mol. The maximum Gasteiger partial charge on any atom is 0.226 e. The highest BCUT2D eigenvalue weighted by Gasteiger charge is 2.31. The number of nitrogens with zero attached hydrogens (tertiary/aromatic N) is 1. The molecule has 0 fully saturated rings. The topological polar surface area (TPSA) is 61.1 Å². The lowest BCUT2D eigenvalue weighted by molar-refractivity contribution is 0.441. The van der Waals surface area contributed by atoms with E-state index in [-0.39, 0.29) is 6.42 Å². The Labute approximate surface area is 176 Å². The number of aromatic nitrogens is 1. The lowest BCUT2D eigenvalue weighted by Gasteiger charge is -2.27. The van der Waals surface area contributed by atoms with E-state index in [1.807, 2.05) is 20.8 Å². The summed E-state index contributed by atoms with van der Waals surface area (Å²) < 4.78 is 48.3. The second-order valence-corrected chi connectivity index (χ2v) is 10.0. The van der Waals surface area contributed by atoms with E-state index in [2.05, 4.69) is 9.71 Å². The van der Waals surface area contributed by atoms with Gasteiger partial charge in [0.25, 0.3) is 0 Å². The Morgan fingerprint density at radius 2 is 1.76 bits per heavy atom. The van der Waals surface area contributed by atoms with Gasteiger partial charge in [-0.1, -0.05) is 11.6 Å². The van der Waals surface area contributed by atoms with Crippen molar-refractivity contribution in [2.75, 3.05) is 0 Å². The third-order valence-electron chi connectivity index (χ3n) is 4.13. The van der Waals surface area contributed by atoms with Crippen molar-refractivity contribution in [1.82, 2.24) is 9.71 Å². The molecule has 3 rings (SSSR count). The molecule has 0 radical (unpaired) electrons. The number of nitrogens with one attached hydrogen (secondary N) is 1. The summed E-state index contributed by atoms with van der Waals surface area (Å²) in [5.41, 5.74) is 1.14. The van der Waals surface area contributed by atoms with Gasteiger partial charge in [0, 0.05) is 28.0 Å². The highest BCUT2D eigenvalue weighted by molar-refractivity contribution is 7.90. The molecular weight excluding hydrogens is 418 g/mol. The van der Waals surface area contributed by atoms with Crippen molar-refractivity contribution in [2.24, 2.45) is 0 Å². The first-order valence-electron chi connectivity index (χ1n) is 8.96. The van der Waals surface area contributed by atoms with Gasteiger partial charge in [0.1, 0.15) is 28.2 Å². The summed E-state index contributed by atoms with van der Waals surface area (Å²) in [6, 6.07) is 9.70. The third kappa shape index (κ3) is 5.79. The van der Waals surface area contributed by atoms with Crippen molar-refractivity contribution in [3.05, 3.63) is 76.6 Å². The van der Waals surface area contributed by atoms with Gasteiger partial charge in [-0.15, -0.1) is 4.72 Å². The highest BCUT2D eigenvalue weighted by Crippen LogP contribution is 2.28. The third-order valence-corrected chi connectivity index (χ3v) is 5.99. The molecule has 0 aliphatic heterocycles. The van der Waals surface area contributed by atoms with Crippen molar-refractivity contribution in [1.29, 1.82) is 0 Å². The summed E-state index contributed by atoms with van der Waals surface area (Å²) >= 11 is 4.48. The first-order valence-corrected chi connectivity index (χ1v) is 10.5. The zero-order chi connectivity index (χ0) is 21.2. The molecule has 1 heterocycles. The Morgan fingerprint density at radius 3 is 2.34 bits per heavy atom. The summed E-state index contributed by atoms with van der Waals surface area (Å²) in [5, 5.41) is 0.591. The molecule has 0 amide bonds. The molecule has 0 spiro atoms. The molecule has 0 saturated heterocycles. The van der Waals surface area contributed by atoms with E-state index < -0.39 is 33.8 Å². The monoisotopic (exact) mass is 438 g/mol. The Bertz CT molecular complexity index is 953. The maximum atomic E-state index is 13.6. The minimum atomic E-state index is -1.43. The van der Waals surface area contributed by atoms with Gasteiger partial charge in [0.15, 0.2) is 0 Å². The van der Waals surface area contributed by atoms with E-state index in [0.717, 1.165) is 11.6 Å². The van der Waals surface area contributed by atoms with Crippen LogP contribution >= 0.6 is 11.6 Å². The summed E-state index contributed by atoms with van der Waals surface area (Å²) in [4.78, 5) is 4.29. The van der Waals surface area contributed by atoms with Crippen LogP contribution in [0.15, 0.2) is 53.1 Å². The zero-order valence-electron chi connectivity index (χ0n) is 16.2. The highest BCUT2D eigenvalue weighted by atomic mass is 35.5. The van der Waals surface area contributed by atoms with Gasteiger partial charge in [0.05, 0.1) is 6.20 Å². The van der Waals surface area contributed by atoms with Crippen LogP contribution in [0.5, 0.6) is 0 Å². The molecule has 3 aromatic rings.